The Morgan fingerprint density at radius 1 is 1.28 bits per heavy atom. The number of hydrogen-bond donors (Lipinski definition) is 2. The first-order chi connectivity index (χ1) is 15.2. The summed E-state index contributed by atoms with van der Waals surface area (Å²) in [5, 5.41) is 18.0. The molecule has 1 amide bonds. The van der Waals surface area contributed by atoms with Gasteiger partial charge in [-0.1, -0.05) is 0 Å². The Morgan fingerprint density at radius 3 is 2.81 bits per heavy atom. The van der Waals surface area contributed by atoms with E-state index in [4.69, 9.17) is 9.47 Å². The second-order valence-electron chi connectivity index (χ2n) is 9.05. The molecule has 9 nitrogen and oxygen atoms in total. The quantitative estimate of drug-likeness (QED) is 0.646. The number of carbonyl (C=O) groups excluding carboxylic acids is 1. The Labute approximate surface area is 186 Å². The average molecular weight is 438 g/mol. The number of ether oxygens (including phenoxy) is 2. The molecule has 4 heterocycles. The Kier molecular flexibility index (Phi) is 4.83. The fourth-order valence-corrected chi connectivity index (χ4v) is 4.17. The molecule has 5 rings (SSSR count). The van der Waals surface area contributed by atoms with Crippen molar-refractivity contribution in [3.63, 3.8) is 0 Å². The minimum Gasteiger partial charge on any atom is -0.484 e. The Hall–Kier alpha value is -3.17. The second-order valence-corrected chi connectivity index (χ2v) is 9.05. The van der Waals surface area contributed by atoms with Crippen LogP contribution in [0, 0.1) is 0 Å². The number of hydrogen-bond acceptors (Lipinski definition) is 7. The van der Waals surface area contributed by atoms with Crippen LogP contribution in [0.4, 0.5) is 11.4 Å². The molecule has 0 bridgehead atoms. The number of aliphatic hydroxyl groups is 1. The van der Waals surface area contributed by atoms with Gasteiger partial charge in [-0.05, 0) is 32.9 Å². The highest BCUT2D eigenvalue weighted by molar-refractivity contribution is 6.09. The van der Waals surface area contributed by atoms with Gasteiger partial charge in [-0.15, -0.1) is 0 Å². The summed E-state index contributed by atoms with van der Waals surface area (Å²) in [5.41, 5.74) is 1.61. The van der Waals surface area contributed by atoms with Crippen LogP contribution in [0.15, 0.2) is 36.8 Å². The van der Waals surface area contributed by atoms with E-state index in [1.165, 1.54) is 6.20 Å². The van der Waals surface area contributed by atoms with E-state index in [-0.39, 0.29) is 5.91 Å². The lowest BCUT2D eigenvalue weighted by Crippen LogP contribution is -2.51. The molecule has 0 saturated carbocycles. The summed E-state index contributed by atoms with van der Waals surface area (Å²) in [6.45, 7) is 8.07. The van der Waals surface area contributed by atoms with Crippen LogP contribution >= 0.6 is 0 Å². The lowest BCUT2D eigenvalue weighted by atomic mass is 9.84. The third kappa shape index (κ3) is 3.47. The number of carbonyl (C=O) groups is 1. The smallest absolute Gasteiger partial charge is 0.261 e. The van der Waals surface area contributed by atoms with Crippen molar-refractivity contribution in [2.24, 2.45) is 0 Å². The number of nitrogens with one attached hydrogen (secondary N) is 1. The van der Waals surface area contributed by atoms with Gasteiger partial charge in [0.15, 0.2) is 5.65 Å². The highest BCUT2D eigenvalue weighted by atomic mass is 16.5. The third-order valence-electron chi connectivity index (χ3n) is 6.46. The van der Waals surface area contributed by atoms with Crippen LogP contribution in [-0.2, 0) is 11.2 Å². The van der Waals surface area contributed by atoms with Crippen molar-refractivity contribution in [2.45, 2.75) is 38.4 Å². The summed E-state index contributed by atoms with van der Waals surface area (Å²) in [6.07, 6.45) is 5.45. The molecule has 1 saturated heterocycles. The Bertz CT molecular complexity index is 1180. The molecule has 2 aromatic heterocycles. The summed E-state index contributed by atoms with van der Waals surface area (Å²) in [7, 11) is 0. The van der Waals surface area contributed by atoms with E-state index in [2.05, 4.69) is 20.3 Å². The number of fused-ring (bicyclic) bond motifs is 2. The van der Waals surface area contributed by atoms with Crippen LogP contribution in [0.1, 0.15) is 36.7 Å². The molecule has 0 radical (unpaired) electrons. The van der Waals surface area contributed by atoms with E-state index in [9.17, 15) is 9.90 Å². The first-order valence-corrected chi connectivity index (χ1v) is 10.8. The molecule has 0 spiro atoms. The van der Waals surface area contributed by atoms with Gasteiger partial charge in [0.1, 0.15) is 16.9 Å². The zero-order valence-electron chi connectivity index (χ0n) is 18.5. The van der Waals surface area contributed by atoms with Gasteiger partial charge in [-0.2, -0.15) is 5.10 Å². The molecule has 2 N–H and O–H groups in total. The van der Waals surface area contributed by atoms with Gasteiger partial charge in [0.25, 0.3) is 5.91 Å². The first-order valence-electron chi connectivity index (χ1n) is 10.8. The van der Waals surface area contributed by atoms with Crippen molar-refractivity contribution in [1.82, 2.24) is 14.6 Å². The molecule has 0 unspecified atom stereocenters. The fourth-order valence-electron chi connectivity index (χ4n) is 4.17. The van der Waals surface area contributed by atoms with E-state index < -0.39 is 11.2 Å². The van der Waals surface area contributed by atoms with Crippen LogP contribution in [0.5, 0.6) is 5.75 Å². The highest BCUT2D eigenvalue weighted by Crippen LogP contribution is 2.45. The van der Waals surface area contributed by atoms with Crippen LogP contribution in [0.25, 0.3) is 5.65 Å². The molecule has 9 heteroatoms. The number of aromatic nitrogens is 3. The second kappa shape index (κ2) is 7.46. The molecule has 2 aliphatic heterocycles. The molecule has 1 aromatic carbocycles. The lowest BCUT2D eigenvalue weighted by molar-refractivity contribution is -0.0900. The summed E-state index contributed by atoms with van der Waals surface area (Å²) in [6, 6.07) is 5.67. The van der Waals surface area contributed by atoms with Crippen LogP contribution in [0.2, 0.25) is 0 Å². The largest absolute Gasteiger partial charge is 0.484 e. The van der Waals surface area contributed by atoms with Gasteiger partial charge >= 0.3 is 0 Å². The number of benzene rings is 1. The monoisotopic (exact) mass is 437 g/mol. The minimum atomic E-state index is -1.03. The maximum Gasteiger partial charge on any atom is 0.261 e. The SMILES string of the molecule is CC(C)(O)[C@@]1(C)Cc2cc(NC(=O)c3cnn4cccnc34)c(N3CCOCC3)cc2O1. The zero-order valence-corrected chi connectivity index (χ0v) is 18.5. The van der Waals surface area contributed by atoms with Gasteiger partial charge in [0, 0.05) is 43.5 Å². The number of morpholine rings is 1. The van der Waals surface area contributed by atoms with Gasteiger partial charge in [0.05, 0.1) is 36.4 Å². The molecule has 2 aliphatic rings. The molecular formula is C23H27N5O4. The minimum absolute atomic E-state index is 0.280. The molecular weight excluding hydrogens is 410 g/mol. The number of amides is 1. The predicted molar refractivity (Wildman–Crippen MR) is 119 cm³/mol. The van der Waals surface area contributed by atoms with Gasteiger partial charge in [0.2, 0.25) is 0 Å². The van der Waals surface area contributed by atoms with Gasteiger partial charge in [-0.25, -0.2) is 9.50 Å². The lowest BCUT2D eigenvalue weighted by Gasteiger charge is -2.36. The molecule has 1 atom stereocenters. The molecule has 3 aromatic rings. The number of anilines is 2. The number of nitrogens with zero attached hydrogens (tertiary/aromatic N) is 4. The van der Waals surface area contributed by atoms with Gasteiger partial charge < -0.3 is 24.8 Å². The molecule has 1 fully saturated rings. The van der Waals surface area contributed by atoms with E-state index in [1.54, 1.807) is 36.8 Å². The van der Waals surface area contributed by atoms with E-state index in [0.29, 0.717) is 49.6 Å². The fraction of sp³-hybridized carbons (Fsp3) is 0.435. The Balaban J connectivity index is 1.52. The standard InChI is InChI=1S/C23H27N5O4/c1-22(2,30)23(3)13-15-11-17(18(12-19(15)32-23)27-7-9-31-10-8-27)26-21(29)16-14-25-28-6-4-5-24-20(16)28/h4-6,11-12,14,30H,7-10,13H2,1-3H3,(H,26,29)/t23-/m1/s1. The normalized spacial score (nSPS) is 20.8. The third-order valence-corrected chi connectivity index (χ3v) is 6.46. The van der Waals surface area contributed by atoms with Crippen molar-refractivity contribution < 1.29 is 19.4 Å². The average Bonchev–Trinajstić information content (AvgIpc) is 3.34. The van der Waals surface area contributed by atoms with E-state index >= 15 is 0 Å². The number of rotatable bonds is 4. The van der Waals surface area contributed by atoms with E-state index in [0.717, 1.165) is 17.0 Å². The highest BCUT2D eigenvalue weighted by Gasteiger charge is 2.47. The maximum absolute atomic E-state index is 13.2. The predicted octanol–water partition coefficient (Wildman–Crippen LogP) is 2.28. The molecule has 32 heavy (non-hydrogen) atoms. The topological polar surface area (TPSA) is 101 Å². The van der Waals surface area contributed by atoms with Gasteiger partial charge in [-0.3, -0.25) is 4.79 Å². The molecule has 168 valence electrons. The van der Waals surface area contributed by atoms with Crippen LogP contribution < -0.4 is 15.0 Å². The summed E-state index contributed by atoms with van der Waals surface area (Å²) in [5.74, 6) is 0.448. The van der Waals surface area contributed by atoms with Crippen molar-refractivity contribution in [1.29, 1.82) is 0 Å². The van der Waals surface area contributed by atoms with Crippen molar-refractivity contribution in [3.05, 3.63) is 47.9 Å². The van der Waals surface area contributed by atoms with Crippen LogP contribution in [-0.4, -0.2) is 63.1 Å². The van der Waals surface area contributed by atoms with Crippen LogP contribution in [0.3, 0.4) is 0 Å². The maximum atomic E-state index is 13.2. The summed E-state index contributed by atoms with van der Waals surface area (Å²) in [4.78, 5) is 19.7. The summed E-state index contributed by atoms with van der Waals surface area (Å²) < 4.78 is 13.3. The zero-order chi connectivity index (χ0) is 22.5. The molecule has 0 aliphatic carbocycles. The van der Waals surface area contributed by atoms with Crippen molar-refractivity contribution in [3.8, 4) is 5.75 Å². The summed E-state index contributed by atoms with van der Waals surface area (Å²) >= 11 is 0. The van der Waals surface area contributed by atoms with E-state index in [1.807, 2.05) is 19.1 Å². The first kappa shape index (κ1) is 20.7. The van der Waals surface area contributed by atoms with Crippen molar-refractivity contribution in [2.75, 3.05) is 36.5 Å². The van der Waals surface area contributed by atoms with Crippen molar-refractivity contribution >= 4 is 22.9 Å². The Morgan fingerprint density at radius 2 is 2.06 bits per heavy atom.